The molecule has 0 aliphatic heterocycles. The molecule has 3 N–H and O–H groups in total. The quantitative estimate of drug-likeness (QED) is 0.423. The largest absolute Gasteiger partial charge is 0.468 e. The van der Waals surface area contributed by atoms with Crippen molar-refractivity contribution in [3.8, 4) is 5.88 Å². The highest BCUT2D eigenvalue weighted by atomic mass is 127. The molecule has 1 heterocycles. The van der Waals surface area contributed by atoms with Crippen molar-refractivity contribution in [2.75, 3.05) is 13.2 Å². The summed E-state index contributed by atoms with van der Waals surface area (Å²) in [5.41, 5.74) is 6.27. The van der Waals surface area contributed by atoms with Crippen molar-refractivity contribution in [1.82, 2.24) is 10.3 Å². The minimum atomic E-state index is -4.38. The van der Waals surface area contributed by atoms with E-state index in [9.17, 15) is 13.2 Å². The average Bonchev–Trinajstić information content (AvgIpc) is 2.40. The van der Waals surface area contributed by atoms with Gasteiger partial charge in [0.2, 0.25) is 5.88 Å². The van der Waals surface area contributed by atoms with Gasteiger partial charge in [-0.3, -0.25) is 0 Å². The van der Waals surface area contributed by atoms with Crippen LogP contribution in [0.4, 0.5) is 13.2 Å². The fraction of sp³-hybridized carbons (Fsp3) is 0.500. The van der Waals surface area contributed by atoms with E-state index < -0.39 is 12.8 Å². The summed E-state index contributed by atoms with van der Waals surface area (Å²) in [5, 5.41) is 2.89. The van der Waals surface area contributed by atoms with E-state index in [1.54, 1.807) is 6.07 Å². The Bertz CT molecular complexity index is 454. The Hall–Kier alpha value is -1.26. The fourth-order valence-corrected chi connectivity index (χ4v) is 1.27. The van der Waals surface area contributed by atoms with Crippen molar-refractivity contribution in [2.45, 2.75) is 26.1 Å². The topological polar surface area (TPSA) is 72.5 Å². The lowest BCUT2D eigenvalue weighted by Gasteiger charge is -2.09. The van der Waals surface area contributed by atoms with Gasteiger partial charge in [0, 0.05) is 18.8 Å². The van der Waals surface area contributed by atoms with E-state index in [2.05, 4.69) is 20.0 Å². The zero-order chi connectivity index (χ0) is 15.0. The number of guanidine groups is 1. The number of hydrogen-bond acceptors (Lipinski definition) is 3. The third-order valence-electron chi connectivity index (χ3n) is 2.17. The van der Waals surface area contributed by atoms with Crippen LogP contribution < -0.4 is 15.8 Å². The number of aliphatic imine (C=N–C) groups is 1. The lowest BCUT2D eigenvalue weighted by Crippen LogP contribution is -2.32. The molecule has 0 atom stereocenters. The summed E-state index contributed by atoms with van der Waals surface area (Å²) in [6.07, 6.45) is -2.10. The number of alkyl halides is 3. The maximum Gasteiger partial charge on any atom is 0.422 e. The second kappa shape index (κ2) is 9.64. The second-order valence-corrected chi connectivity index (χ2v) is 4.03. The predicted molar refractivity (Wildman–Crippen MR) is 84.8 cm³/mol. The molecule has 0 aliphatic carbocycles. The molecule has 1 rings (SSSR count). The Balaban J connectivity index is 0.00000400. The molecule has 0 saturated carbocycles. The van der Waals surface area contributed by atoms with E-state index in [0.29, 0.717) is 18.1 Å². The van der Waals surface area contributed by atoms with Crippen LogP contribution in [-0.2, 0) is 6.54 Å². The molecule has 0 spiro atoms. The summed E-state index contributed by atoms with van der Waals surface area (Å²) in [6.45, 7) is 1.58. The lowest BCUT2D eigenvalue weighted by atomic mass is 10.3. The number of rotatable bonds is 6. The Morgan fingerprint density at radius 1 is 1.48 bits per heavy atom. The molecule has 0 radical (unpaired) electrons. The molecule has 1 aromatic rings. The van der Waals surface area contributed by atoms with Gasteiger partial charge in [-0.15, -0.1) is 24.0 Å². The molecule has 9 heteroatoms. The number of ether oxygens (including phenoxy) is 1. The highest BCUT2D eigenvalue weighted by Crippen LogP contribution is 2.17. The lowest BCUT2D eigenvalue weighted by molar-refractivity contribution is -0.154. The number of halogens is 4. The fourth-order valence-electron chi connectivity index (χ4n) is 1.27. The summed E-state index contributed by atoms with van der Waals surface area (Å²) in [7, 11) is 0. The summed E-state index contributed by atoms with van der Waals surface area (Å²) in [6, 6.07) is 3.04. The minimum Gasteiger partial charge on any atom is -0.468 e. The molecular weight excluding hydrogens is 400 g/mol. The first kappa shape index (κ1) is 19.7. The van der Waals surface area contributed by atoms with Crippen molar-refractivity contribution in [1.29, 1.82) is 0 Å². The van der Waals surface area contributed by atoms with Crippen molar-refractivity contribution in [2.24, 2.45) is 10.7 Å². The molecule has 0 fully saturated rings. The van der Waals surface area contributed by atoms with Crippen LogP contribution in [0.15, 0.2) is 23.3 Å². The first-order valence-electron chi connectivity index (χ1n) is 6.09. The zero-order valence-corrected chi connectivity index (χ0v) is 13.8. The molecule has 1 aromatic heterocycles. The summed E-state index contributed by atoms with van der Waals surface area (Å²) < 4.78 is 40.6. The van der Waals surface area contributed by atoms with Crippen molar-refractivity contribution in [3.05, 3.63) is 23.9 Å². The van der Waals surface area contributed by atoms with E-state index in [4.69, 9.17) is 5.73 Å². The number of nitrogens with zero attached hydrogens (tertiary/aromatic N) is 2. The van der Waals surface area contributed by atoms with Crippen LogP contribution in [0, 0.1) is 0 Å². The van der Waals surface area contributed by atoms with E-state index in [1.165, 1.54) is 12.3 Å². The van der Waals surface area contributed by atoms with Gasteiger partial charge in [-0.1, -0.05) is 6.92 Å². The van der Waals surface area contributed by atoms with E-state index >= 15 is 0 Å². The van der Waals surface area contributed by atoms with Crippen LogP contribution in [0.5, 0.6) is 5.88 Å². The molecule has 120 valence electrons. The van der Waals surface area contributed by atoms with Gasteiger partial charge in [0.25, 0.3) is 0 Å². The smallest absolute Gasteiger partial charge is 0.422 e. The Kier molecular flexibility index (Phi) is 9.06. The monoisotopic (exact) mass is 418 g/mol. The molecular formula is C12H18F3IN4O. The third-order valence-corrected chi connectivity index (χ3v) is 2.17. The summed E-state index contributed by atoms with van der Waals surface area (Å²) in [5.74, 6) is 0.205. The first-order chi connectivity index (χ1) is 9.40. The van der Waals surface area contributed by atoms with Crippen LogP contribution in [0.25, 0.3) is 0 Å². The van der Waals surface area contributed by atoms with E-state index in [1.807, 2.05) is 6.92 Å². The van der Waals surface area contributed by atoms with Crippen LogP contribution in [0.2, 0.25) is 0 Å². The van der Waals surface area contributed by atoms with Crippen LogP contribution in [0.3, 0.4) is 0 Å². The highest BCUT2D eigenvalue weighted by molar-refractivity contribution is 14.0. The Labute approximate surface area is 138 Å². The summed E-state index contributed by atoms with van der Waals surface area (Å²) in [4.78, 5) is 7.76. The maximum atomic E-state index is 12.0. The van der Waals surface area contributed by atoms with Gasteiger partial charge < -0.3 is 15.8 Å². The van der Waals surface area contributed by atoms with E-state index in [0.717, 1.165) is 6.42 Å². The molecule has 0 aliphatic rings. The van der Waals surface area contributed by atoms with Crippen LogP contribution in [0.1, 0.15) is 18.9 Å². The predicted octanol–water partition coefficient (Wildman–Crippen LogP) is 2.46. The Morgan fingerprint density at radius 2 is 2.19 bits per heavy atom. The van der Waals surface area contributed by atoms with Gasteiger partial charge in [0.05, 0.1) is 6.54 Å². The van der Waals surface area contributed by atoms with Gasteiger partial charge in [0.15, 0.2) is 12.6 Å². The number of hydrogen-bond donors (Lipinski definition) is 2. The molecule has 21 heavy (non-hydrogen) atoms. The highest BCUT2D eigenvalue weighted by Gasteiger charge is 2.28. The zero-order valence-electron chi connectivity index (χ0n) is 11.5. The first-order valence-corrected chi connectivity index (χ1v) is 6.09. The number of nitrogens with one attached hydrogen (secondary N) is 1. The molecule has 0 saturated heterocycles. The molecule has 0 unspecified atom stereocenters. The van der Waals surface area contributed by atoms with Crippen molar-refractivity contribution >= 4 is 29.9 Å². The molecule has 0 bridgehead atoms. The van der Waals surface area contributed by atoms with Gasteiger partial charge in [-0.05, 0) is 18.1 Å². The minimum absolute atomic E-state index is 0. The molecule has 0 amide bonds. The van der Waals surface area contributed by atoms with Gasteiger partial charge >= 0.3 is 6.18 Å². The summed E-state index contributed by atoms with van der Waals surface area (Å²) >= 11 is 0. The van der Waals surface area contributed by atoms with Gasteiger partial charge in [-0.2, -0.15) is 13.2 Å². The number of aromatic nitrogens is 1. The molecule has 0 aromatic carbocycles. The van der Waals surface area contributed by atoms with Crippen molar-refractivity contribution in [3.63, 3.8) is 0 Å². The molecule has 5 nitrogen and oxygen atoms in total. The third kappa shape index (κ3) is 9.32. The van der Waals surface area contributed by atoms with Crippen molar-refractivity contribution < 1.29 is 17.9 Å². The van der Waals surface area contributed by atoms with Gasteiger partial charge in [-0.25, -0.2) is 9.98 Å². The van der Waals surface area contributed by atoms with E-state index in [-0.39, 0.29) is 36.4 Å². The normalized spacial score (nSPS) is 11.7. The second-order valence-electron chi connectivity index (χ2n) is 4.03. The maximum absolute atomic E-state index is 12.0. The SMILES string of the molecule is CCCNC(N)=NCc1ccnc(OCC(F)(F)F)c1.I. The number of nitrogens with two attached hydrogens (primary N) is 1. The number of pyridine rings is 1. The van der Waals surface area contributed by atoms with Crippen LogP contribution >= 0.6 is 24.0 Å². The van der Waals surface area contributed by atoms with Crippen LogP contribution in [-0.4, -0.2) is 30.3 Å². The standard InChI is InChI=1S/C12H17F3N4O.HI/c1-2-4-18-11(16)19-7-9-3-5-17-10(6-9)20-8-12(13,14)15;/h3,5-6H,2,4,7-8H2,1H3,(H3,16,18,19);1H. The Morgan fingerprint density at radius 3 is 2.81 bits per heavy atom. The average molecular weight is 418 g/mol. The van der Waals surface area contributed by atoms with Gasteiger partial charge in [0.1, 0.15) is 0 Å².